The van der Waals surface area contributed by atoms with Crippen LogP contribution in [-0.2, 0) is 16.0 Å². The van der Waals surface area contributed by atoms with E-state index in [0.717, 1.165) is 17.0 Å². The molecule has 2 aromatic carbocycles. The highest BCUT2D eigenvalue weighted by molar-refractivity contribution is 6.12. The summed E-state index contributed by atoms with van der Waals surface area (Å²) in [5.41, 5.74) is 1.03. The average molecular weight is 330 g/mol. The summed E-state index contributed by atoms with van der Waals surface area (Å²) in [5, 5.41) is 2.33. The highest BCUT2D eigenvalue weighted by Crippen LogP contribution is 2.20. The summed E-state index contributed by atoms with van der Waals surface area (Å²) in [5.74, 6) is -3.86. The van der Waals surface area contributed by atoms with Gasteiger partial charge in [-0.05, 0) is 23.8 Å². The second-order valence-electron chi connectivity index (χ2n) is 5.30. The molecule has 0 saturated carbocycles. The van der Waals surface area contributed by atoms with Crippen LogP contribution in [0, 0.1) is 11.6 Å². The third kappa shape index (κ3) is 3.01. The Morgan fingerprint density at radius 1 is 1.08 bits per heavy atom. The summed E-state index contributed by atoms with van der Waals surface area (Å²) in [4.78, 5) is 37.3. The van der Waals surface area contributed by atoms with E-state index in [2.05, 4.69) is 5.32 Å². The number of fused-ring (bicyclic) bond motifs is 1. The first-order valence-corrected chi connectivity index (χ1v) is 7.13. The number of nitrogens with zero attached hydrogens (tertiary/aromatic N) is 1. The van der Waals surface area contributed by atoms with Crippen molar-refractivity contribution in [3.8, 4) is 0 Å². The van der Waals surface area contributed by atoms with Crippen LogP contribution in [-0.4, -0.2) is 29.2 Å². The summed E-state index contributed by atoms with van der Waals surface area (Å²) in [6.45, 7) is -0.495. The predicted molar refractivity (Wildman–Crippen MR) is 81.2 cm³/mol. The molecule has 0 aromatic heterocycles. The quantitative estimate of drug-likeness (QED) is 0.877. The van der Waals surface area contributed by atoms with E-state index in [4.69, 9.17) is 0 Å². The first-order chi connectivity index (χ1) is 11.5. The monoisotopic (exact) mass is 330 g/mol. The minimum atomic E-state index is -1.10. The van der Waals surface area contributed by atoms with Crippen molar-refractivity contribution in [2.24, 2.45) is 0 Å². The number of imide groups is 1. The molecule has 0 fully saturated rings. The van der Waals surface area contributed by atoms with Gasteiger partial charge in [0.05, 0.1) is 6.42 Å². The first kappa shape index (κ1) is 15.8. The fraction of sp³-hybridized carbons (Fsp3) is 0.118. The van der Waals surface area contributed by atoms with Crippen molar-refractivity contribution in [3.05, 3.63) is 65.2 Å². The van der Waals surface area contributed by atoms with Gasteiger partial charge in [0.1, 0.15) is 6.54 Å². The van der Waals surface area contributed by atoms with Gasteiger partial charge in [0.25, 0.3) is 5.91 Å². The molecular formula is C17H12F2N2O3. The van der Waals surface area contributed by atoms with Crippen LogP contribution >= 0.6 is 0 Å². The number of carbonyl (C=O) groups excluding carboxylic acids is 3. The standard InChI is InChI=1S/C17H12F2N2O3/c18-13-6-5-11(8-14(13)19)20-15(22)9-21-16(23)7-10-3-1-2-4-12(10)17(21)24/h1-6,8H,7,9H2,(H,20,22). The van der Waals surface area contributed by atoms with E-state index in [0.29, 0.717) is 11.1 Å². The molecule has 0 radical (unpaired) electrons. The minimum Gasteiger partial charge on any atom is -0.324 e. The lowest BCUT2D eigenvalue weighted by molar-refractivity contribution is -0.131. The van der Waals surface area contributed by atoms with Gasteiger partial charge < -0.3 is 5.32 Å². The fourth-order valence-corrected chi connectivity index (χ4v) is 2.48. The molecule has 0 spiro atoms. The molecule has 1 aliphatic heterocycles. The van der Waals surface area contributed by atoms with Gasteiger partial charge in [0.2, 0.25) is 11.8 Å². The maximum Gasteiger partial charge on any atom is 0.261 e. The molecule has 1 heterocycles. The molecule has 1 aliphatic rings. The van der Waals surface area contributed by atoms with Gasteiger partial charge in [-0.25, -0.2) is 8.78 Å². The number of nitrogens with one attached hydrogen (secondary N) is 1. The lowest BCUT2D eigenvalue weighted by Crippen LogP contribution is -2.46. The van der Waals surface area contributed by atoms with Crippen LogP contribution in [0.4, 0.5) is 14.5 Å². The maximum absolute atomic E-state index is 13.1. The van der Waals surface area contributed by atoms with E-state index in [1.165, 1.54) is 6.07 Å². The Bertz CT molecular complexity index is 851. The number of hydrogen-bond acceptors (Lipinski definition) is 3. The Morgan fingerprint density at radius 2 is 1.83 bits per heavy atom. The van der Waals surface area contributed by atoms with Crippen molar-refractivity contribution < 1.29 is 23.2 Å². The summed E-state index contributed by atoms with van der Waals surface area (Å²) in [6, 6.07) is 9.55. The molecule has 0 unspecified atom stereocenters. The van der Waals surface area contributed by atoms with Crippen LogP contribution in [0.5, 0.6) is 0 Å². The summed E-state index contributed by atoms with van der Waals surface area (Å²) in [7, 11) is 0. The second kappa shape index (κ2) is 6.19. The molecule has 2 aromatic rings. The van der Waals surface area contributed by atoms with Crippen LogP contribution in [0.1, 0.15) is 15.9 Å². The van der Waals surface area contributed by atoms with Gasteiger partial charge in [0.15, 0.2) is 11.6 Å². The van der Waals surface area contributed by atoms with Crippen molar-refractivity contribution in [2.75, 3.05) is 11.9 Å². The number of amides is 3. The van der Waals surface area contributed by atoms with Crippen LogP contribution in [0.15, 0.2) is 42.5 Å². The molecule has 0 aliphatic carbocycles. The smallest absolute Gasteiger partial charge is 0.261 e. The Morgan fingerprint density at radius 3 is 2.58 bits per heavy atom. The van der Waals surface area contributed by atoms with Gasteiger partial charge in [-0.1, -0.05) is 18.2 Å². The Kier molecular flexibility index (Phi) is 4.07. The fourth-order valence-electron chi connectivity index (χ4n) is 2.48. The largest absolute Gasteiger partial charge is 0.324 e. The van der Waals surface area contributed by atoms with Gasteiger partial charge in [-0.2, -0.15) is 0 Å². The molecule has 3 rings (SSSR count). The number of hydrogen-bond donors (Lipinski definition) is 1. The molecular weight excluding hydrogens is 318 g/mol. The maximum atomic E-state index is 13.1. The van der Waals surface area contributed by atoms with Crippen LogP contribution in [0.3, 0.4) is 0 Å². The molecule has 0 bridgehead atoms. The molecule has 0 atom stereocenters. The zero-order valence-corrected chi connectivity index (χ0v) is 12.4. The molecule has 3 amide bonds. The third-order valence-electron chi connectivity index (χ3n) is 3.64. The highest BCUT2D eigenvalue weighted by Gasteiger charge is 2.31. The molecule has 5 nitrogen and oxygen atoms in total. The Labute approximate surface area is 135 Å². The third-order valence-corrected chi connectivity index (χ3v) is 3.64. The van der Waals surface area contributed by atoms with E-state index in [9.17, 15) is 23.2 Å². The highest BCUT2D eigenvalue weighted by atomic mass is 19.2. The summed E-state index contributed by atoms with van der Waals surface area (Å²) >= 11 is 0. The van der Waals surface area contributed by atoms with Crippen molar-refractivity contribution >= 4 is 23.4 Å². The molecule has 24 heavy (non-hydrogen) atoms. The van der Waals surface area contributed by atoms with Crippen molar-refractivity contribution in [1.82, 2.24) is 4.90 Å². The summed E-state index contributed by atoms with van der Waals surface area (Å²) in [6.07, 6.45) is 0.0281. The van der Waals surface area contributed by atoms with Gasteiger partial charge in [-0.15, -0.1) is 0 Å². The zero-order valence-electron chi connectivity index (χ0n) is 12.4. The van der Waals surface area contributed by atoms with E-state index in [1.54, 1.807) is 24.3 Å². The Balaban J connectivity index is 1.73. The zero-order chi connectivity index (χ0) is 17.3. The summed E-state index contributed by atoms with van der Waals surface area (Å²) < 4.78 is 26.0. The molecule has 7 heteroatoms. The van der Waals surface area contributed by atoms with E-state index >= 15 is 0 Å². The number of anilines is 1. The number of carbonyl (C=O) groups is 3. The lowest BCUT2D eigenvalue weighted by atomic mass is 9.98. The van der Waals surface area contributed by atoms with Gasteiger partial charge in [-0.3, -0.25) is 19.3 Å². The number of rotatable bonds is 3. The van der Waals surface area contributed by atoms with Crippen LogP contribution in [0.25, 0.3) is 0 Å². The van der Waals surface area contributed by atoms with E-state index in [1.807, 2.05) is 0 Å². The second-order valence-corrected chi connectivity index (χ2v) is 5.30. The van der Waals surface area contributed by atoms with Crippen molar-refractivity contribution in [1.29, 1.82) is 0 Å². The van der Waals surface area contributed by atoms with E-state index in [-0.39, 0.29) is 12.1 Å². The van der Waals surface area contributed by atoms with Crippen LogP contribution in [0.2, 0.25) is 0 Å². The molecule has 1 N–H and O–H groups in total. The normalized spacial score (nSPS) is 13.7. The number of benzene rings is 2. The number of halogens is 2. The van der Waals surface area contributed by atoms with E-state index < -0.39 is 35.9 Å². The van der Waals surface area contributed by atoms with Crippen molar-refractivity contribution in [3.63, 3.8) is 0 Å². The average Bonchev–Trinajstić information content (AvgIpc) is 2.55. The molecule has 122 valence electrons. The Hall–Kier alpha value is -3.09. The predicted octanol–water partition coefficient (Wildman–Crippen LogP) is 2.13. The first-order valence-electron chi connectivity index (χ1n) is 7.13. The van der Waals surface area contributed by atoms with Crippen molar-refractivity contribution in [2.45, 2.75) is 6.42 Å². The van der Waals surface area contributed by atoms with Gasteiger partial charge >= 0.3 is 0 Å². The van der Waals surface area contributed by atoms with Crippen LogP contribution < -0.4 is 5.32 Å². The molecule has 0 saturated heterocycles. The lowest BCUT2D eigenvalue weighted by Gasteiger charge is -2.26. The van der Waals surface area contributed by atoms with Gasteiger partial charge in [0, 0.05) is 17.3 Å². The minimum absolute atomic E-state index is 0.0281. The SMILES string of the molecule is O=C(CN1C(=O)Cc2ccccc2C1=O)Nc1ccc(F)c(F)c1. The topological polar surface area (TPSA) is 66.5 Å².